The second-order valence-electron chi connectivity index (χ2n) is 6.83. The second kappa shape index (κ2) is 9.75. The van der Waals surface area contributed by atoms with Crippen molar-refractivity contribution in [1.82, 2.24) is 0 Å². The Labute approximate surface area is 174 Å². The van der Waals surface area contributed by atoms with Crippen LogP contribution in [0.1, 0.15) is 26.0 Å². The van der Waals surface area contributed by atoms with Crippen molar-refractivity contribution in [3.8, 4) is 11.1 Å². The van der Waals surface area contributed by atoms with Crippen LogP contribution in [0.3, 0.4) is 0 Å². The van der Waals surface area contributed by atoms with Crippen LogP contribution in [0.5, 0.6) is 0 Å². The van der Waals surface area contributed by atoms with Crippen molar-refractivity contribution in [2.24, 2.45) is 0 Å². The van der Waals surface area contributed by atoms with Crippen LogP contribution in [0.2, 0.25) is 0 Å². The third kappa shape index (κ3) is 4.94. The van der Waals surface area contributed by atoms with Gasteiger partial charge in [0.25, 0.3) is 0 Å². The summed E-state index contributed by atoms with van der Waals surface area (Å²) in [5, 5.41) is 2.41. The average molecular weight is 383 g/mol. The number of rotatable bonds is 1. The van der Waals surface area contributed by atoms with Crippen LogP contribution in [0.25, 0.3) is 33.1 Å². The second-order valence-corrected chi connectivity index (χ2v) is 6.83. The highest BCUT2D eigenvalue weighted by atomic mass is 16.3. The molecular formula is C28H30O. The molecule has 0 fully saturated rings. The van der Waals surface area contributed by atoms with Crippen molar-refractivity contribution >= 4 is 21.9 Å². The molecule has 0 aliphatic rings. The van der Waals surface area contributed by atoms with Gasteiger partial charge >= 0.3 is 0 Å². The fourth-order valence-electron chi connectivity index (χ4n) is 3.22. The lowest BCUT2D eigenvalue weighted by atomic mass is 10.0. The Balaban J connectivity index is 0.000000194. The molecule has 0 saturated carbocycles. The first kappa shape index (κ1) is 22.0. The highest BCUT2D eigenvalue weighted by Gasteiger charge is 2.04. The van der Waals surface area contributed by atoms with Crippen LogP contribution in [0.15, 0.2) is 101 Å². The smallest absolute Gasteiger partial charge is 0.135 e. The van der Waals surface area contributed by atoms with E-state index in [0.29, 0.717) is 0 Å². The molecule has 1 heteroatoms. The van der Waals surface area contributed by atoms with Crippen LogP contribution >= 0.6 is 0 Å². The molecule has 1 aromatic heterocycles. The van der Waals surface area contributed by atoms with Crippen molar-refractivity contribution in [1.29, 1.82) is 0 Å². The van der Waals surface area contributed by atoms with E-state index < -0.39 is 0 Å². The average Bonchev–Trinajstić information content (AvgIpc) is 3.08. The highest BCUT2D eigenvalue weighted by molar-refractivity contribution is 6.04. The Morgan fingerprint density at radius 3 is 1.76 bits per heavy atom. The molecule has 0 radical (unpaired) electrons. The fraction of sp³-hybridized carbons (Fsp3) is 0.143. The number of furan rings is 1. The fourth-order valence-corrected chi connectivity index (χ4v) is 3.22. The molecule has 1 nitrogen and oxygen atoms in total. The van der Waals surface area contributed by atoms with Crippen molar-refractivity contribution in [2.45, 2.75) is 28.7 Å². The van der Waals surface area contributed by atoms with Gasteiger partial charge in [-0.05, 0) is 43.2 Å². The standard InChI is InChI=1S/C13H10O.C13H12.2CH4/c1-9-6-7-13-11(8-9)10-4-2-3-5-12(10)14-13;1-11-7-9-13(10-8-11)12-5-3-2-4-6-12;;/h2-8H,1H3;2-10H,1H3;2*1H4. The van der Waals surface area contributed by atoms with E-state index >= 15 is 0 Å². The number of hydrogen-bond donors (Lipinski definition) is 0. The van der Waals surface area contributed by atoms with E-state index in [9.17, 15) is 0 Å². The van der Waals surface area contributed by atoms with Crippen molar-refractivity contribution in [3.63, 3.8) is 0 Å². The van der Waals surface area contributed by atoms with E-state index in [4.69, 9.17) is 4.42 Å². The number of benzene rings is 4. The lowest BCUT2D eigenvalue weighted by Crippen LogP contribution is -1.76. The lowest BCUT2D eigenvalue weighted by molar-refractivity contribution is 0.669. The van der Waals surface area contributed by atoms with E-state index in [1.165, 1.54) is 33.0 Å². The number of hydrogen-bond acceptors (Lipinski definition) is 1. The Kier molecular flexibility index (Phi) is 7.39. The molecule has 0 atom stereocenters. The summed E-state index contributed by atoms with van der Waals surface area (Å²) in [5.41, 5.74) is 7.07. The highest BCUT2D eigenvalue weighted by Crippen LogP contribution is 2.28. The Bertz CT molecular complexity index is 1170. The Hall–Kier alpha value is -3.32. The molecule has 5 rings (SSSR count). The summed E-state index contributed by atoms with van der Waals surface area (Å²) in [7, 11) is 0. The molecule has 0 bridgehead atoms. The molecule has 0 saturated heterocycles. The molecule has 1 heterocycles. The summed E-state index contributed by atoms with van der Waals surface area (Å²) in [6.45, 7) is 4.20. The van der Waals surface area contributed by atoms with Gasteiger partial charge < -0.3 is 4.42 Å². The summed E-state index contributed by atoms with van der Waals surface area (Å²) in [6.07, 6.45) is 0. The first-order chi connectivity index (χ1) is 13.2. The summed E-state index contributed by atoms with van der Waals surface area (Å²) in [6, 6.07) is 33.4. The van der Waals surface area contributed by atoms with Gasteiger partial charge in [-0.1, -0.05) is 105 Å². The van der Waals surface area contributed by atoms with Crippen LogP contribution in [0.4, 0.5) is 0 Å². The van der Waals surface area contributed by atoms with Crippen molar-refractivity contribution in [2.75, 3.05) is 0 Å². The van der Waals surface area contributed by atoms with Gasteiger partial charge in [-0.15, -0.1) is 0 Å². The zero-order valence-corrected chi connectivity index (χ0v) is 15.6. The zero-order chi connectivity index (χ0) is 18.6. The quantitative estimate of drug-likeness (QED) is 0.282. The van der Waals surface area contributed by atoms with E-state index in [-0.39, 0.29) is 14.9 Å². The summed E-state index contributed by atoms with van der Waals surface area (Å²) < 4.78 is 5.71. The van der Waals surface area contributed by atoms with Crippen molar-refractivity contribution < 1.29 is 4.42 Å². The molecule has 0 spiro atoms. The van der Waals surface area contributed by atoms with Crippen LogP contribution in [-0.4, -0.2) is 0 Å². The predicted octanol–water partition coefficient (Wildman–Crippen LogP) is 8.83. The Morgan fingerprint density at radius 1 is 0.483 bits per heavy atom. The predicted molar refractivity (Wildman–Crippen MR) is 129 cm³/mol. The van der Waals surface area contributed by atoms with E-state index in [1.807, 2.05) is 30.3 Å². The van der Waals surface area contributed by atoms with Crippen molar-refractivity contribution in [3.05, 3.63) is 108 Å². The van der Waals surface area contributed by atoms with Gasteiger partial charge in [-0.25, -0.2) is 0 Å². The SMILES string of the molecule is C.C.Cc1ccc(-c2ccccc2)cc1.Cc1ccc2oc3ccccc3c2c1. The summed E-state index contributed by atoms with van der Waals surface area (Å²) in [4.78, 5) is 0. The zero-order valence-electron chi connectivity index (χ0n) is 15.6. The molecule has 5 aromatic rings. The van der Waals surface area contributed by atoms with Crippen LogP contribution < -0.4 is 0 Å². The molecule has 0 aliphatic heterocycles. The van der Waals surface area contributed by atoms with Gasteiger partial charge in [0.2, 0.25) is 0 Å². The maximum absolute atomic E-state index is 5.71. The third-order valence-corrected chi connectivity index (χ3v) is 4.69. The normalized spacial score (nSPS) is 9.86. The minimum absolute atomic E-state index is 0. The topological polar surface area (TPSA) is 13.1 Å². The molecule has 0 aliphatic carbocycles. The number of para-hydroxylation sites is 1. The van der Waals surface area contributed by atoms with E-state index in [0.717, 1.165) is 11.2 Å². The van der Waals surface area contributed by atoms with Gasteiger partial charge in [0.15, 0.2) is 0 Å². The number of fused-ring (bicyclic) bond motifs is 3. The molecule has 148 valence electrons. The first-order valence-electron chi connectivity index (χ1n) is 9.21. The third-order valence-electron chi connectivity index (χ3n) is 4.69. The van der Waals surface area contributed by atoms with Gasteiger partial charge in [-0.2, -0.15) is 0 Å². The maximum Gasteiger partial charge on any atom is 0.135 e. The van der Waals surface area contributed by atoms with Gasteiger partial charge in [0, 0.05) is 10.8 Å². The number of aryl methyl sites for hydroxylation is 2. The molecule has 4 aromatic carbocycles. The molecule has 0 amide bonds. The molecule has 29 heavy (non-hydrogen) atoms. The minimum atomic E-state index is 0. The minimum Gasteiger partial charge on any atom is -0.456 e. The van der Waals surface area contributed by atoms with E-state index in [1.54, 1.807) is 0 Å². The molecule has 0 N–H and O–H groups in total. The first-order valence-corrected chi connectivity index (χ1v) is 9.21. The Morgan fingerprint density at radius 2 is 1.03 bits per heavy atom. The van der Waals surface area contributed by atoms with Crippen LogP contribution in [-0.2, 0) is 0 Å². The summed E-state index contributed by atoms with van der Waals surface area (Å²) >= 11 is 0. The van der Waals surface area contributed by atoms with Gasteiger partial charge in [0.05, 0.1) is 0 Å². The lowest BCUT2D eigenvalue weighted by Gasteiger charge is -2.00. The maximum atomic E-state index is 5.71. The monoisotopic (exact) mass is 382 g/mol. The van der Waals surface area contributed by atoms with E-state index in [2.05, 4.69) is 80.6 Å². The molecular weight excluding hydrogens is 352 g/mol. The van der Waals surface area contributed by atoms with Gasteiger partial charge in [-0.3, -0.25) is 0 Å². The molecule has 0 unspecified atom stereocenters. The van der Waals surface area contributed by atoms with Gasteiger partial charge in [0.1, 0.15) is 11.2 Å². The van der Waals surface area contributed by atoms with Crippen LogP contribution in [0, 0.1) is 13.8 Å². The largest absolute Gasteiger partial charge is 0.456 e. The summed E-state index contributed by atoms with van der Waals surface area (Å²) in [5.74, 6) is 0.